The number of nitrogens with one attached hydrogen (secondary N) is 1. The van der Waals surface area contributed by atoms with Crippen molar-refractivity contribution in [3.05, 3.63) is 22.3 Å². The molecule has 1 saturated carbocycles. The number of fused-ring (bicyclic) bond motifs is 1. The molecule has 2 aliphatic heterocycles. The molecule has 0 aromatic carbocycles. The van der Waals surface area contributed by atoms with Crippen molar-refractivity contribution >= 4 is 88.6 Å². The number of rotatable bonds is 14. The summed E-state index contributed by atoms with van der Waals surface area (Å²) in [7, 11) is 3.92. The number of carbonyl (C=O) groups excluding carboxylic acids is 4. The van der Waals surface area contributed by atoms with E-state index < -0.39 is 29.6 Å². The molecular formula is C29H43Cl2N9O6S3. The summed E-state index contributed by atoms with van der Waals surface area (Å²) in [6, 6.07) is -0.830. The van der Waals surface area contributed by atoms with Crippen LogP contribution in [0.5, 0.6) is 0 Å². The number of nitrogens with two attached hydrogens (primary N) is 1. The summed E-state index contributed by atoms with van der Waals surface area (Å²) in [5.41, 5.74) is 6.95. The molecule has 2 aromatic rings. The molecule has 3 N–H and O–H groups in total. The first-order valence-electron chi connectivity index (χ1n) is 15.6. The van der Waals surface area contributed by atoms with Crippen molar-refractivity contribution < 1.29 is 28.7 Å². The Balaban J connectivity index is 0.00000325. The predicted molar refractivity (Wildman–Crippen MR) is 191 cm³/mol. The van der Waals surface area contributed by atoms with Gasteiger partial charge in [0, 0.05) is 29.3 Å². The molecule has 2 amide bonds. The molecule has 1 saturated heterocycles. The molecule has 20 heteroatoms. The highest BCUT2D eigenvalue weighted by Crippen LogP contribution is 2.42. The number of nitrogens with zero attached hydrogens (tertiary/aromatic N) is 7. The van der Waals surface area contributed by atoms with Gasteiger partial charge in [-0.1, -0.05) is 44.9 Å². The predicted octanol–water partition coefficient (Wildman–Crippen LogP) is 2.75. The first-order valence-corrected chi connectivity index (χ1v) is 18.5. The zero-order valence-corrected chi connectivity index (χ0v) is 31.8. The Labute approximate surface area is 310 Å². The van der Waals surface area contributed by atoms with E-state index in [1.165, 1.54) is 39.8 Å². The molecular weight excluding hydrogens is 737 g/mol. The van der Waals surface area contributed by atoms with Crippen LogP contribution in [-0.4, -0.2) is 109 Å². The van der Waals surface area contributed by atoms with Crippen molar-refractivity contribution in [3.63, 3.8) is 0 Å². The van der Waals surface area contributed by atoms with Crippen molar-refractivity contribution in [2.75, 3.05) is 37.9 Å². The number of likely N-dealkylation sites (N-methyl/N-ethyl adjacent to an activating group) is 1. The van der Waals surface area contributed by atoms with Crippen LogP contribution >= 0.6 is 59.7 Å². The number of amides is 2. The number of β-lactam (4-membered cyclic amide) rings is 1. The number of hydrogen-bond donors (Lipinski definition) is 2. The maximum absolute atomic E-state index is 14.0. The maximum Gasteiger partial charge on any atom is 0.358 e. The number of carbonyl (C=O) groups is 4. The molecule has 0 radical (unpaired) electrons. The van der Waals surface area contributed by atoms with E-state index >= 15 is 0 Å². The molecule has 49 heavy (non-hydrogen) atoms. The summed E-state index contributed by atoms with van der Waals surface area (Å²) in [4.78, 5) is 60.8. The van der Waals surface area contributed by atoms with E-state index in [2.05, 4.69) is 25.8 Å². The van der Waals surface area contributed by atoms with Gasteiger partial charge in [0.2, 0.25) is 17.4 Å². The zero-order valence-electron chi connectivity index (χ0n) is 27.7. The molecule has 3 aliphatic rings. The lowest BCUT2D eigenvalue weighted by Gasteiger charge is -2.49. The highest BCUT2D eigenvalue weighted by molar-refractivity contribution is 8.01. The molecule has 272 valence electrons. The van der Waals surface area contributed by atoms with E-state index in [0.29, 0.717) is 39.6 Å². The summed E-state index contributed by atoms with van der Waals surface area (Å²) >= 11 is 4.03. The number of thiazole rings is 1. The first kappa shape index (κ1) is 40.8. The Morgan fingerprint density at radius 2 is 1.90 bits per heavy atom. The number of hydrogen-bond acceptors (Lipinski definition) is 15. The second kappa shape index (κ2) is 18.6. The van der Waals surface area contributed by atoms with Gasteiger partial charge in [-0.15, -0.1) is 53.0 Å². The molecule has 1 aliphatic carbocycles. The minimum atomic E-state index is -1.12. The van der Waals surface area contributed by atoms with Crippen molar-refractivity contribution in [1.29, 1.82) is 0 Å². The quantitative estimate of drug-likeness (QED) is 0.123. The van der Waals surface area contributed by atoms with Crippen molar-refractivity contribution in [1.82, 2.24) is 40.3 Å². The van der Waals surface area contributed by atoms with Crippen LogP contribution < -0.4 is 11.1 Å². The lowest BCUT2D eigenvalue weighted by atomic mass is 9.89. The van der Waals surface area contributed by atoms with Gasteiger partial charge in [-0.2, -0.15) is 0 Å². The first-order chi connectivity index (χ1) is 22.5. The average Bonchev–Trinajstić information content (AvgIpc) is 3.68. The van der Waals surface area contributed by atoms with Crippen molar-refractivity contribution in [3.8, 4) is 0 Å². The van der Waals surface area contributed by atoms with Crippen LogP contribution in [0.2, 0.25) is 0 Å². The van der Waals surface area contributed by atoms with Crippen LogP contribution in [0.15, 0.2) is 21.8 Å². The summed E-state index contributed by atoms with van der Waals surface area (Å²) in [5.74, 6) is -1.76. The van der Waals surface area contributed by atoms with Crippen LogP contribution in [0.1, 0.15) is 51.6 Å². The Morgan fingerprint density at radius 3 is 2.55 bits per heavy atom. The molecule has 0 bridgehead atoms. The second-order valence-corrected chi connectivity index (χ2v) is 15.3. The van der Waals surface area contributed by atoms with E-state index in [0.717, 1.165) is 38.6 Å². The van der Waals surface area contributed by atoms with E-state index in [9.17, 15) is 19.2 Å². The highest BCUT2D eigenvalue weighted by Gasteiger charge is 2.54. The van der Waals surface area contributed by atoms with Gasteiger partial charge in [-0.25, -0.2) is 14.5 Å². The van der Waals surface area contributed by atoms with Crippen LogP contribution in [-0.2, 0) is 41.6 Å². The van der Waals surface area contributed by atoms with E-state index in [4.69, 9.17) is 15.2 Å². The Hall–Kier alpha value is -2.64. The minimum Gasteiger partial charge on any atom is -0.425 e. The highest BCUT2D eigenvalue weighted by atomic mass is 35.5. The fourth-order valence-electron chi connectivity index (χ4n) is 5.47. The monoisotopic (exact) mass is 779 g/mol. The van der Waals surface area contributed by atoms with Crippen molar-refractivity contribution in [2.24, 2.45) is 11.8 Å². The number of thioether (sulfide) groups is 2. The Morgan fingerprint density at radius 1 is 1.16 bits per heavy atom. The maximum atomic E-state index is 14.0. The van der Waals surface area contributed by atoms with Gasteiger partial charge in [0.15, 0.2) is 5.13 Å². The van der Waals surface area contributed by atoms with Gasteiger partial charge < -0.3 is 25.4 Å². The molecule has 4 heterocycles. The van der Waals surface area contributed by atoms with Crippen molar-refractivity contribution in [2.45, 2.75) is 81.8 Å². The summed E-state index contributed by atoms with van der Waals surface area (Å²) < 4.78 is 13.3. The number of anilines is 1. The number of tetrazole rings is 1. The number of nitrogen functional groups attached to an aromatic ring is 1. The number of ether oxygens (including phenoxy) is 2. The molecule has 3 atom stereocenters. The average molecular weight is 781 g/mol. The number of aromatic nitrogens is 5. The standard InChI is InChI=1S/C29H41N9O6S3.2ClH/c1-16(2)27(43-25(41)17-8-6-5-7-9-17)44-26(42)22-18(14-47-29-33-34-35-37(29)11-10-36(3)4)13-45-24-21(23(40)38(22)24)32-20(39)12-19-15-46-28(30)31-19;;/h15-17,21,24,27H,5-14H2,1-4H3,(H2,30,31)(H,32,39);2*1H/t21-,24-,27?;;/m1../s1. The van der Waals surface area contributed by atoms with Gasteiger partial charge in [0.05, 0.1) is 24.6 Å². The lowest BCUT2D eigenvalue weighted by Crippen LogP contribution is -2.70. The largest absolute Gasteiger partial charge is 0.425 e. The number of halogens is 2. The SMILES string of the molecule is CC(C)C(OC(=O)C1=C(CSc2nnnn2CCN(C)C)CS[C@@H]2[C@H](NC(=O)Cc3csc(N)n3)C(=O)N12)OC(=O)C1CCCCC1.Cl.Cl. The van der Waals surface area contributed by atoms with E-state index in [1.54, 1.807) is 23.9 Å². The number of esters is 2. The van der Waals surface area contributed by atoms with Gasteiger partial charge in [0.1, 0.15) is 17.1 Å². The van der Waals surface area contributed by atoms with Gasteiger partial charge in [0.25, 0.3) is 5.91 Å². The third-order valence-corrected chi connectivity index (χ3v) is 11.1. The summed E-state index contributed by atoms with van der Waals surface area (Å²) in [6.45, 7) is 4.92. The minimum absolute atomic E-state index is 0. The third kappa shape index (κ3) is 10.2. The van der Waals surface area contributed by atoms with E-state index in [1.807, 2.05) is 19.0 Å². The van der Waals surface area contributed by atoms with Crippen LogP contribution in [0, 0.1) is 11.8 Å². The Bertz CT molecular complexity index is 1500. The molecule has 5 rings (SSSR count). The molecule has 2 aromatic heterocycles. The molecule has 15 nitrogen and oxygen atoms in total. The smallest absolute Gasteiger partial charge is 0.358 e. The molecule has 2 fully saturated rings. The normalized spacial score (nSPS) is 19.8. The van der Waals surface area contributed by atoms with Crippen LogP contribution in [0.3, 0.4) is 0 Å². The zero-order chi connectivity index (χ0) is 33.7. The topological polar surface area (TPSA) is 188 Å². The fourth-order valence-corrected chi connectivity index (χ4v) is 8.42. The second-order valence-electron chi connectivity index (χ2n) is 12.3. The summed E-state index contributed by atoms with van der Waals surface area (Å²) in [5, 5.41) is 16.9. The summed E-state index contributed by atoms with van der Waals surface area (Å²) in [6.07, 6.45) is 3.38. The van der Waals surface area contributed by atoms with Crippen LogP contribution in [0.25, 0.3) is 0 Å². The fraction of sp³-hybridized carbons (Fsp3) is 0.655. The van der Waals surface area contributed by atoms with E-state index in [-0.39, 0.29) is 60.6 Å². The molecule has 0 spiro atoms. The lowest BCUT2D eigenvalue weighted by molar-refractivity contribution is -0.198. The molecule has 1 unspecified atom stereocenters. The Kier molecular flexibility index (Phi) is 15.4. The third-order valence-electron chi connectivity index (χ3n) is 8.04. The van der Waals surface area contributed by atoms with Gasteiger partial charge in [-0.05, 0) is 42.9 Å². The van der Waals surface area contributed by atoms with Gasteiger partial charge >= 0.3 is 11.9 Å². The van der Waals surface area contributed by atoms with Crippen LogP contribution in [0.4, 0.5) is 5.13 Å². The van der Waals surface area contributed by atoms with Gasteiger partial charge in [-0.3, -0.25) is 19.3 Å².